The zero-order chi connectivity index (χ0) is 20.6. The summed E-state index contributed by atoms with van der Waals surface area (Å²) in [6.07, 6.45) is 2.15. The van der Waals surface area contributed by atoms with E-state index in [0.29, 0.717) is 12.0 Å². The van der Waals surface area contributed by atoms with Gasteiger partial charge in [0.25, 0.3) is 0 Å². The first-order valence-electron chi connectivity index (χ1n) is 10.1. The van der Waals surface area contributed by atoms with Crippen molar-refractivity contribution in [3.05, 3.63) is 40.6 Å². The van der Waals surface area contributed by atoms with Crippen LogP contribution in [-0.2, 0) is 6.42 Å². The van der Waals surface area contributed by atoms with Crippen LogP contribution in [-0.4, -0.2) is 52.9 Å². The average Bonchev–Trinajstić information content (AvgIpc) is 3.42. The number of ether oxygens (including phenoxy) is 2. The van der Waals surface area contributed by atoms with Crippen molar-refractivity contribution in [2.75, 3.05) is 45.8 Å². The fourth-order valence-electron chi connectivity index (χ4n) is 3.59. The molecular weight excluding hydrogens is 384 g/mol. The standard InChI is InChI=1S/C22H32N4O2S/c1-16(10-21-6-5-9-29-21)14-24-22(23-2)25-17-7-8-26(15-17)18-11-19(27-3)13-20(12-18)28-4/h5-6,9,11-13,16-17H,7-8,10,14-15H2,1-4H3,(H2,23,24,25). The molecular formula is C22H32N4O2S. The molecule has 2 aromatic rings. The number of nitrogens with zero attached hydrogens (tertiary/aromatic N) is 2. The highest BCUT2D eigenvalue weighted by Gasteiger charge is 2.24. The van der Waals surface area contributed by atoms with Gasteiger partial charge in [0, 0.05) is 61.5 Å². The van der Waals surface area contributed by atoms with Gasteiger partial charge in [-0.2, -0.15) is 0 Å². The minimum atomic E-state index is 0.353. The van der Waals surface area contributed by atoms with Gasteiger partial charge >= 0.3 is 0 Å². The van der Waals surface area contributed by atoms with Crippen LogP contribution in [0.2, 0.25) is 0 Å². The van der Waals surface area contributed by atoms with E-state index in [1.165, 1.54) is 4.88 Å². The molecule has 0 radical (unpaired) electrons. The van der Waals surface area contributed by atoms with Gasteiger partial charge in [-0.3, -0.25) is 4.99 Å². The number of hydrogen-bond donors (Lipinski definition) is 2. The van der Waals surface area contributed by atoms with Crippen molar-refractivity contribution in [1.29, 1.82) is 0 Å². The van der Waals surface area contributed by atoms with E-state index in [1.807, 2.05) is 24.5 Å². The normalized spacial score (nSPS) is 17.9. The van der Waals surface area contributed by atoms with Gasteiger partial charge < -0.3 is 25.0 Å². The van der Waals surface area contributed by atoms with Crippen LogP contribution in [0.25, 0.3) is 0 Å². The van der Waals surface area contributed by atoms with Crippen LogP contribution in [0.5, 0.6) is 11.5 Å². The first-order valence-corrected chi connectivity index (χ1v) is 11.0. The highest BCUT2D eigenvalue weighted by molar-refractivity contribution is 7.09. The monoisotopic (exact) mass is 416 g/mol. The fourth-order valence-corrected chi connectivity index (χ4v) is 4.46. The van der Waals surface area contributed by atoms with Gasteiger partial charge in [0.1, 0.15) is 11.5 Å². The van der Waals surface area contributed by atoms with Gasteiger partial charge in [-0.05, 0) is 30.2 Å². The smallest absolute Gasteiger partial charge is 0.191 e. The Bertz CT molecular complexity index is 772. The number of hydrogen-bond acceptors (Lipinski definition) is 5. The van der Waals surface area contributed by atoms with Crippen molar-refractivity contribution < 1.29 is 9.47 Å². The number of rotatable bonds is 8. The molecule has 2 atom stereocenters. The third-order valence-corrected chi connectivity index (χ3v) is 6.10. The summed E-state index contributed by atoms with van der Waals surface area (Å²) in [6.45, 7) is 5.08. The number of benzene rings is 1. The van der Waals surface area contributed by atoms with E-state index in [2.05, 4.69) is 57.1 Å². The van der Waals surface area contributed by atoms with Crippen LogP contribution in [0.1, 0.15) is 18.2 Å². The molecule has 1 aromatic heterocycles. The predicted molar refractivity (Wildman–Crippen MR) is 122 cm³/mol. The van der Waals surface area contributed by atoms with Crippen molar-refractivity contribution in [2.45, 2.75) is 25.8 Å². The maximum absolute atomic E-state index is 5.41. The molecule has 1 aromatic carbocycles. The number of thiophene rings is 1. The first kappa shape index (κ1) is 21.3. The van der Waals surface area contributed by atoms with Crippen molar-refractivity contribution in [1.82, 2.24) is 10.6 Å². The molecule has 0 bridgehead atoms. The number of guanidine groups is 1. The van der Waals surface area contributed by atoms with Crippen molar-refractivity contribution in [2.24, 2.45) is 10.9 Å². The molecule has 7 heteroatoms. The highest BCUT2D eigenvalue weighted by Crippen LogP contribution is 2.30. The van der Waals surface area contributed by atoms with Crippen LogP contribution in [0.3, 0.4) is 0 Å². The zero-order valence-electron chi connectivity index (χ0n) is 17.8. The van der Waals surface area contributed by atoms with Crippen molar-refractivity contribution >= 4 is 23.0 Å². The molecule has 3 rings (SSSR count). The molecule has 2 heterocycles. The van der Waals surface area contributed by atoms with E-state index < -0.39 is 0 Å². The van der Waals surface area contributed by atoms with Crippen molar-refractivity contribution in [3.8, 4) is 11.5 Å². The number of anilines is 1. The summed E-state index contributed by atoms with van der Waals surface area (Å²) in [7, 11) is 5.20. The molecule has 0 amide bonds. The lowest BCUT2D eigenvalue weighted by molar-refractivity contribution is 0.394. The predicted octanol–water partition coefficient (Wildman–Crippen LogP) is 3.39. The summed E-state index contributed by atoms with van der Waals surface area (Å²) in [5.41, 5.74) is 1.12. The summed E-state index contributed by atoms with van der Waals surface area (Å²) >= 11 is 1.82. The van der Waals surface area contributed by atoms with Gasteiger partial charge in [0.15, 0.2) is 5.96 Å². The Morgan fingerprint density at radius 3 is 2.66 bits per heavy atom. The third kappa shape index (κ3) is 6.03. The van der Waals surface area contributed by atoms with E-state index in [4.69, 9.17) is 9.47 Å². The molecule has 1 aliphatic heterocycles. The second kappa shape index (κ2) is 10.4. The summed E-state index contributed by atoms with van der Waals surface area (Å²) in [5, 5.41) is 9.20. The Hall–Kier alpha value is -2.41. The van der Waals surface area contributed by atoms with Gasteiger partial charge in [0.2, 0.25) is 0 Å². The largest absolute Gasteiger partial charge is 0.497 e. The Labute approximate surface area is 177 Å². The number of aliphatic imine (C=N–C) groups is 1. The van der Waals surface area contributed by atoms with Gasteiger partial charge in [-0.25, -0.2) is 0 Å². The summed E-state index contributed by atoms with van der Waals surface area (Å²) < 4.78 is 10.8. The Morgan fingerprint density at radius 2 is 2.03 bits per heavy atom. The van der Waals surface area contributed by atoms with Crippen LogP contribution >= 0.6 is 11.3 Å². The summed E-state index contributed by atoms with van der Waals surface area (Å²) in [5.74, 6) is 3.05. The first-order chi connectivity index (χ1) is 14.1. The van der Waals surface area contributed by atoms with E-state index in [1.54, 1.807) is 14.2 Å². The Morgan fingerprint density at radius 1 is 1.28 bits per heavy atom. The second-order valence-corrected chi connectivity index (χ2v) is 8.52. The molecule has 6 nitrogen and oxygen atoms in total. The molecule has 1 fully saturated rings. The maximum Gasteiger partial charge on any atom is 0.191 e. The minimum Gasteiger partial charge on any atom is -0.497 e. The lowest BCUT2D eigenvalue weighted by Gasteiger charge is -2.22. The molecule has 29 heavy (non-hydrogen) atoms. The Kier molecular flexibility index (Phi) is 7.63. The topological polar surface area (TPSA) is 58.1 Å². The molecule has 2 unspecified atom stereocenters. The van der Waals surface area contributed by atoms with Crippen LogP contribution < -0.4 is 25.0 Å². The molecule has 0 aliphatic carbocycles. The third-order valence-electron chi connectivity index (χ3n) is 5.20. The zero-order valence-corrected chi connectivity index (χ0v) is 18.6. The van der Waals surface area contributed by atoms with E-state index in [9.17, 15) is 0 Å². The Balaban J connectivity index is 1.50. The van der Waals surface area contributed by atoms with E-state index in [0.717, 1.165) is 55.6 Å². The minimum absolute atomic E-state index is 0.353. The summed E-state index contributed by atoms with van der Waals surface area (Å²) in [6, 6.07) is 10.7. The molecule has 1 aliphatic rings. The quantitative estimate of drug-likeness (QED) is 0.510. The number of methoxy groups -OCH3 is 2. The van der Waals surface area contributed by atoms with Crippen molar-refractivity contribution in [3.63, 3.8) is 0 Å². The maximum atomic E-state index is 5.41. The lowest BCUT2D eigenvalue weighted by atomic mass is 10.1. The molecule has 1 saturated heterocycles. The molecule has 0 saturated carbocycles. The number of nitrogens with one attached hydrogen (secondary N) is 2. The second-order valence-electron chi connectivity index (χ2n) is 7.49. The van der Waals surface area contributed by atoms with E-state index >= 15 is 0 Å². The average molecular weight is 417 g/mol. The van der Waals surface area contributed by atoms with Gasteiger partial charge in [-0.15, -0.1) is 11.3 Å². The van der Waals surface area contributed by atoms with Crippen LogP contribution in [0.15, 0.2) is 40.7 Å². The highest BCUT2D eigenvalue weighted by atomic mass is 32.1. The SMILES string of the molecule is CN=C(NCC(C)Cc1cccs1)NC1CCN(c2cc(OC)cc(OC)c2)C1. The van der Waals surface area contributed by atoms with Crippen LogP contribution in [0.4, 0.5) is 5.69 Å². The van der Waals surface area contributed by atoms with Crippen LogP contribution in [0, 0.1) is 5.92 Å². The lowest BCUT2D eigenvalue weighted by Crippen LogP contribution is -2.45. The molecule has 158 valence electrons. The molecule has 0 spiro atoms. The summed E-state index contributed by atoms with van der Waals surface area (Å²) in [4.78, 5) is 8.20. The van der Waals surface area contributed by atoms with Gasteiger partial charge in [-0.1, -0.05) is 13.0 Å². The fraction of sp³-hybridized carbons (Fsp3) is 0.500. The van der Waals surface area contributed by atoms with E-state index in [-0.39, 0.29) is 0 Å². The van der Waals surface area contributed by atoms with Gasteiger partial charge in [0.05, 0.1) is 14.2 Å². The molecule has 2 N–H and O–H groups in total.